The number of ether oxygens (including phenoxy) is 1. The Kier molecular flexibility index (Phi) is 4.84. The van der Waals surface area contributed by atoms with Gasteiger partial charge in [0.1, 0.15) is 5.75 Å². The lowest BCUT2D eigenvalue weighted by atomic mass is 10.2. The van der Waals surface area contributed by atoms with E-state index in [9.17, 15) is 0 Å². The Bertz CT molecular complexity index is 375. The van der Waals surface area contributed by atoms with E-state index in [1.807, 2.05) is 6.07 Å². The quantitative estimate of drug-likeness (QED) is 0.825. The fourth-order valence-electron chi connectivity index (χ4n) is 2.24. The molecule has 1 aromatic rings. The molecule has 1 aliphatic heterocycles. The summed E-state index contributed by atoms with van der Waals surface area (Å²) in [6.45, 7) is 8.64. The van der Waals surface area contributed by atoms with E-state index in [0.29, 0.717) is 0 Å². The molecule has 0 bridgehead atoms. The first kappa shape index (κ1) is 13.2. The van der Waals surface area contributed by atoms with Gasteiger partial charge >= 0.3 is 0 Å². The van der Waals surface area contributed by atoms with Crippen molar-refractivity contribution in [1.82, 2.24) is 10.2 Å². The van der Waals surface area contributed by atoms with Gasteiger partial charge in [0.2, 0.25) is 0 Å². The number of piperazine rings is 1. The molecule has 4 heteroatoms. The lowest BCUT2D eigenvalue weighted by molar-refractivity contribution is 0.249. The molecule has 1 heterocycles. The Morgan fingerprint density at radius 1 is 1.33 bits per heavy atom. The Balaban J connectivity index is 1.83. The lowest BCUT2D eigenvalue weighted by Gasteiger charge is -2.27. The predicted octanol–water partition coefficient (Wildman–Crippen LogP) is 1.32. The summed E-state index contributed by atoms with van der Waals surface area (Å²) in [4.78, 5) is 2.48. The molecular formula is C14H23N3O. The molecule has 0 radical (unpaired) electrons. The zero-order valence-electron chi connectivity index (χ0n) is 11.3. The second-order valence-electron chi connectivity index (χ2n) is 4.72. The van der Waals surface area contributed by atoms with Crippen LogP contribution in [0.1, 0.15) is 5.56 Å². The number of nitrogens with zero attached hydrogens (tertiary/aromatic N) is 1. The molecule has 4 nitrogen and oxygen atoms in total. The van der Waals surface area contributed by atoms with E-state index in [1.165, 1.54) is 5.56 Å². The number of rotatable bonds is 5. The highest BCUT2D eigenvalue weighted by atomic mass is 16.5. The van der Waals surface area contributed by atoms with Crippen molar-refractivity contribution >= 4 is 5.69 Å². The molecule has 1 aromatic carbocycles. The molecule has 1 aliphatic rings. The Hall–Kier alpha value is -1.26. The van der Waals surface area contributed by atoms with Crippen molar-refractivity contribution in [2.24, 2.45) is 0 Å². The topological polar surface area (TPSA) is 36.5 Å². The van der Waals surface area contributed by atoms with Gasteiger partial charge in [0, 0.05) is 39.3 Å². The highest BCUT2D eigenvalue weighted by molar-refractivity contribution is 5.57. The number of hydrogen-bond donors (Lipinski definition) is 2. The van der Waals surface area contributed by atoms with Crippen LogP contribution in [0.2, 0.25) is 0 Å². The van der Waals surface area contributed by atoms with Gasteiger partial charge in [0.15, 0.2) is 0 Å². The van der Waals surface area contributed by atoms with Crippen LogP contribution in [-0.2, 0) is 0 Å². The van der Waals surface area contributed by atoms with Crippen molar-refractivity contribution in [2.45, 2.75) is 6.92 Å². The molecule has 0 aliphatic carbocycles. The number of hydrogen-bond acceptors (Lipinski definition) is 4. The molecule has 0 spiro atoms. The number of aryl methyl sites for hydroxylation is 1. The van der Waals surface area contributed by atoms with E-state index in [1.54, 1.807) is 7.11 Å². The van der Waals surface area contributed by atoms with Crippen LogP contribution in [0.4, 0.5) is 5.69 Å². The van der Waals surface area contributed by atoms with Gasteiger partial charge < -0.3 is 15.4 Å². The third kappa shape index (κ3) is 3.62. The van der Waals surface area contributed by atoms with Gasteiger partial charge in [-0.1, -0.05) is 6.07 Å². The lowest BCUT2D eigenvalue weighted by Crippen LogP contribution is -2.45. The standard InChI is InChI=1S/C14H23N3O/c1-12-3-4-14(18-2)13(11-12)16-7-10-17-8-5-15-6-9-17/h3-4,11,15-16H,5-10H2,1-2H3. The first-order valence-electron chi connectivity index (χ1n) is 6.61. The van der Waals surface area contributed by atoms with Crippen molar-refractivity contribution in [1.29, 1.82) is 0 Å². The molecule has 1 saturated heterocycles. The number of anilines is 1. The number of benzene rings is 1. The first-order chi connectivity index (χ1) is 8.79. The van der Waals surface area contributed by atoms with Crippen LogP contribution in [0.5, 0.6) is 5.75 Å². The van der Waals surface area contributed by atoms with Gasteiger partial charge in [0.25, 0.3) is 0 Å². The van der Waals surface area contributed by atoms with Crippen LogP contribution >= 0.6 is 0 Å². The average molecular weight is 249 g/mol. The van der Waals surface area contributed by atoms with Gasteiger partial charge in [-0.2, -0.15) is 0 Å². The van der Waals surface area contributed by atoms with E-state index in [0.717, 1.165) is 50.7 Å². The minimum absolute atomic E-state index is 0.918. The van der Waals surface area contributed by atoms with Crippen molar-refractivity contribution in [3.8, 4) is 5.75 Å². The fraction of sp³-hybridized carbons (Fsp3) is 0.571. The van der Waals surface area contributed by atoms with Crippen LogP contribution in [0.15, 0.2) is 18.2 Å². The molecule has 0 amide bonds. The number of methoxy groups -OCH3 is 1. The molecule has 100 valence electrons. The van der Waals surface area contributed by atoms with E-state index in [-0.39, 0.29) is 0 Å². The molecule has 0 atom stereocenters. The van der Waals surface area contributed by atoms with Crippen LogP contribution < -0.4 is 15.4 Å². The highest BCUT2D eigenvalue weighted by Gasteiger charge is 2.09. The van der Waals surface area contributed by atoms with Crippen LogP contribution in [0.25, 0.3) is 0 Å². The van der Waals surface area contributed by atoms with Gasteiger partial charge in [-0.25, -0.2) is 0 Å². The fourth-order valence-corrected chi connectivity index (χ4v) is 2.24. The monoisotopic (exact) mass is 249 g/mol. The Labute approximate surface area is 109 Å². The van der Waals surface area contributed by atoms with Crippen LogP contribution in [0, 0.1) is 6.92 Å². The third-order valence-electron chi connectivity index (χ3n) is 3.31. The maximum Gasteiger partial charge on any atom is 0.141 e. The number of nitrogens with one attached hydrogen (secondary N) is 2. The summed E-state index contributed by atoms with van der Waals surface area (Å²) in [5, 5.41) is 6.83. The molecule has 0 aromatic heterocycles. The molecule has 2 N–H and O–H groups in total. The predicted molar refractivity (Wildman–Crippen MR) is 75.5 cm³/mol. The summed E-state index contributed by atoms with van der Waals surface area (Å²) in [5.41, 5.74) is 2.34. The summed E-state index contributed by atoms with van der Waals surface area (Å²) in [6, 6.07) is 6.22. The SMILES string of the molecule is COc1ccc(C)cc1NCCN1CCNCC1. The first-order valence-corrected chi connectivity index (χ1v) is 6.61. The maximum atomic E-state index is 5.36. The summed E-state index contributed by atoms with van der Waals surface area (Å²) in [7, 11) is 1.71. The average Bonchev–Trinajstić information content (AvgIpc) is 2.40. The zero-order chi connectivity index (χ0) is 12.8. The van der Waals surface area contributed by atoms with Crippen molar-refractivity contribution in [2.75, 3.05) is 51.7 Å². The minimum atomic E-state index is 0.918. The highest BCUT2D eigenvalue weighted by Crippen LogP contribution is 2.24. The van der Waals surface area contributed by atoms with Gasteiger partial charge in [-0.05, 0) is 24.6 Å². The largest absolute Gasteiger partial charge is 0.495 e. The second kappa shape index (κ2) is 6.61. The second-order valence-corrected chi connectivity index (χ2v) is 4.72. The Morgan fingerprint density at radius 2 is 2.11 bits per heavy atom. The summed E-state index contributed by atoms with van der Waals surface area (Å²) >= 11 is 0. The molecule has 0 unspecified atom stereocenters. The van der Waals surface area contributed by atoms with Crippen LogP contribution in [-0.4, -0.2) is 51.3 Å². The van der Waals surface area contributed by atoms with E-state index in [2.05, 4.69) is 34.6 Å². The van der Waals surface area contributed by atoms with Gasteiger partial charge in [0.05, 0.1) is 12.8 Å². The van der Waals surface area contributed by atoms with Crippen molar-refractivity contribution in [3.05, 3.63) is 23.8 Å². The normalized spacial score (nSPS) is 16.6. The zero-order valence-corrected chi connectivity index (χ0v) is 11.3. The van der Waals surface area contributed by atoms with E-state index < -0.39 is 0 Å². The molecular weight excluding hydrogens is 226 g/mol. The van der Waals surface area contributed by atoms with Gasteiger partial charge in [-0.3, -0.25) is 4.90 Å². The molecule has 18 heavy (non-hydrogen) atoms. The van der Waals surface area contributed by atoms with Crippen molar-refractivity contribution < 1.29 is 4.74 Å². The molecule has 0 saturated carbocycles. The minimum Gasteiger partial charge on any atom is -0.495 e. The third-order valence-corrected chi connectivity index (χ3v) is 3.31. The summed E-state index contributed by atoms with van der Waals surface area (Å²) in [5.74, 6) is 0.918. The van der Waals surface area contributed by atoms with E-state index in [4.69, 9.17) is 4.74 Å². The van der Waals surface area contributed by atoms with Crippen molar-refractivity contribution in [3.63, 3.8) is 0 Å². The molecule has 1 fully saturated rings. The molecule has 2 rings (SSSR count). The summed E-state index contributed by atoms with van der Waals surface area (Å²) < 4.78 is 5.36. The van der Waals surface area contributed by atoms with E-state index >= 15 is 0 Å². The summed E-state index contributed by atoms with van der Waals surface area (Å²) in [6.07, 6.45) is 0. The van der Waals surface area contributed by atoms with Gasteiger partial charge in [-0.15, -0.1) is 0 Å². The Morgan fingerprint density at radius 3 is 2.83 bits per heavy atom. The van der Waals surface area contributed by atoms with Crippen LogP contribution in [0.3, 0.4) is 0 Å². The smallest absolute Gasteiger partial charge is 0.141 e. The maximum absolute atomic E-state index is 5.36.